The van der Waals surface area contributed by atoms with Crippen molar-refractivity contribution in [3.05, 3.63) is 58.6 Å². The lowest BCUT2D eigenvalue weighted by atomic mass is 10.2. The molecule has 0 aliphatic rings. The molecular weight excluding hydrogens is 360 g/mol. The van der Waals surface area contributed by atoms with Gasteiger partial charge in [0.25, 0.3) is 15.9 Å². The molecule has 25 heavy (non-hydrogen) atoms. The number of hydrogen-bond donors (Lipinski definition) is 2. The number of rotatable bonds is 7. The van der Waals surface area contributed by atoms with E-state index in [-0.39, 0.29) is 10.8 Å². The number of amides is 1. The first kappa shape index (κ1) is 19.3. The number of halogens is 1. The van der Waals surface area contributed by atoms with E-state index in [2.05, 4.69) is 10.0 Å². The second kappa shape index (κ2) is 8.36. The van der Waals surface area contributed by atoms with E-state index in [1.165, 1.54) is 12.1 Å². The quantitative estimate of drug-likeness (QED) is 0.713. The van der Waals surface area contributed by atoms with Crippen LogP contribution in [0.1, 0.15) is 35.7 Å². The molecule has 0 aliphatic heterocycles. The van der Waals surface area contributed by atoms with Crippen molar-refractivity contribution in [2.45, 2.75) is 31.6 Å². The van der Waals surface area contributed by atoms with Gasteiger partial charge in [0, 0.05) is 17.1 Å². The maximum Gasteiger partial charge on any atom is 0.261 e. The molecule has 2 N–H and O–H groups in total. The molecule has 0 radical (unpaired) electrons. The first-order valence-corrected chi connectivity index (χ1v) is 9.87. The second-order valence-corrected chi connectivity index (χ2v) is 7.82. The fourth-order valence-electron chi connectivity index (χ4n) is 2.19. The topological polar surface area (TPSA) is 75.3 Å². The van der Waals surface area contributed by atoms with Crippen LogP contribution in [0, 0.1) is 6.92 Å². The number of unbranched alkanes of at least 4 members (excludes halogenated alkanes) is 1. The zero-order valence-corrected chi connectivity index (χ0v) is 15.7. The third kappa shape index (κ3) is 5.21. The molecule has 134 valence electrons. The maximum atomic E-state index is 12.6. The maximum absolute atomic E-state index is 12.6. The predicted molar refractivity (Wildman–Crippen MR) is 101 cm³/mol. The van der Waals surface area contributed by atoms with Crippen molar-refractivity contribution in [1.29, 1.82) is 0 Å². The zero-order valence-electron chi connectivity index (χ0n) is 14.2. The zero-order chi connectivity index (χ0) is 18.4. The van der Waals surface area contributed by atoms with Crippen LogP contribution in [0.15, 0.2) is 47.4 Å². The molecule has 0 aliphatic carbocycles. The molecule has 0 aromatic heterocycles. The highest BCUT2D eigenvalue weighted by molar-refractivity contribution is 7.92. The Morgan fingerprint density at radius 1 is 1.16 bits per heavy atom. The summed E-state index contributed by atoms with van der Waals surface area (Å²) in [5.74, 6) is -0.288. The van der Waals surface area contributed by atoms with Gasteiger partial charge in [0.05, 0.1) is 10.6 Å². The molecule has 2 aromatic carbocycles. The smallest absolute Gasteiger partial charge is 0.261 e. The summed E-state index contributed by atoms with van der Waals surface area (Å²) in [6.45, 7) is 4.38. The van der Waals surface area contributed by atoms with E-state index in [4.69, 9.17) is 11.6 Å². The summed E-state index contributed by atoms with van der Waals surface area (Å²) in [7, 11) is -3.82. The molecule has 0 saturated carbocycles. The molecule has 0 saturated heterocycles. The highest BCUT2D eigenvalue weighted by atomic mass is 35.5. The largest absolute Gasteiger partial charge is 0.352 e. The Labute approximate surface area is 153 Å². The number of hydrogen-bond acceptors (Lipinski definition) is 3. The van der Waals surface area contributed by atoms with Gasteiger partial charge in [0.15, 0.2) is 0 Å². The minimum absolute atomic E-state index is 0.0232. The van der Waals surface area contributed by atoms with Crippen molar-refractivity contribution in [1.82, 2.24) is 5.32 Å². The van der Waals surface area contributed by atoms with Gasteiger partial charge in [-0.15, -0.1) is 0 Å². The summed E-state index contributed by atoms with van der Waals surface area (Å²) in [4.78, 5) is 12.1. The normalized spacial score (nSPS) is 11.2. The van der Waals surface area contributed by atoms with Gasteiger partial charge >= 0.3 is 0 Å². The fraction of sp³-hybridized carbons (Fsp3) is 0.278. The van der Waals surface area contributed by atoms with Crippen LogP contribution in [0.4, 0.5) is 5.69 Å². The van der Waals surface area contributed by atoms with Crippen LogP contribution in [0.25, 0.3) is 0 Å². The van der Waals surface area contributed by atoms with E-state index in [9.17, 15) is 13.2 Å². The third-order valence-corrected chi connectivity index (χ3v) is 5.26. The predicted octanol–water partition coefficient (Wildman–Crippen LogP) is 3.98. The summed E-state index contributed by atoms with van der Waals surface area (Å²) >= 11 is 5.93. The molecule has 0 atom stereocenters. The number of nitrogens with one attached hydrogen (secondary N) is 2. The highest BCUT2D eigenvalue weighted by Crippen LogP contribution is 2.23. The van der Waals surface area contributed by atoms with Crippen LogP contribution in [-0.4, -0.2) is 20.9 Å². The average Bonchev–Trinajstić information content (AvgIpc) is 2.58. The van der Waals surface area contributed by atoms with E-state index in [0.717, 1.165) is 18.4 Å². The van der Waals surface area contributed by atoms with Crippen LogP contribution in [0.3, 0.4) is 0 Å². The van der Waals surface area contributed by atoms with Crippen molar-refractivity contribution in [3.8, 4) is 0 Å². The van der Waals surface area contributed by atoms with Crippen LogP contribution in [0.5, 0.6) is 0 Å². The monoisotopic (exact) mass is 380 g/mol. The minimum Gasteiger partial charge on any atom is -0.352 e. The molecule has 0 spiro atoms. The van der Waals surface area contributed by atoms with E-state index in [1.807, 2.05) is 6.92 Å². The number of aryl methyl sites for hydroxylation is 1. The van der Waals surface area contributed by atoms with Gasteiger partial charge in [-0.3, -0.25) is 9.52 Å². The van der Waals surface area contributed by atoms with Gasteiger partial charge in [-0.25, -0.2) is 8.42 Å². The molecule has 2 aromatic rings. The van der Waals surface area contributed by atoms with Gasteiger partial charge in [-0.05, 0) is 49.2 Å². The molecule has 0 heterocycles. The first-order valence-electron chi connectivity index (χ1n) is 8.00. The minimum atomic E-state index is -3.82. The molecule has 1 amide bonds. The van der Waals surface area contributed by atoms with Crippen LogP contribution >= 0.6 is 11.6 Å². The number of sulfonamides is 1. The summed E-state index contributed by atoms with van der Waals surface area (Å²) in [6, 6.07) is 10.9. The summed E-state index contributed by atoms with van der Waals surface area (Å²) in [6.07, 6.45) is 1.84. The lowest BCUT2D eigenvalue weighted by Crippen LogP contribution is -2.24. The van der Waals surface area contributed by atoms with Crippen molar-refractivity contribution in [3.63, 3.8) is 0 Å². The molecule has 2 rings (SSSR count). The highest BCUT2D eigenvalue weighted by Gasteiger charge is 2.17. The SMILES string of the molecule is CCCCNC(=O)c1cccc(S(=O)(=O)Nc2cc(Cl)ccc2C)c1. The van der Waals surface area contributed by atoms with Crippen LogP contribution in [-0.2, 0) is 10.0 Å². The molecule has 0 fully saturated rings. The van der Waals surface area contributed by atoms with E-state index < -0.39 is 10.0 Å². The van der Waals surface area contributed by atoms with Crippen molar-refractivity contribution >= 4 is 33.2 Å². The standard InChI is InChI=1S/C18H21ClN2O3S/c1-3-4-10-20-18(22)14-6-5-7-16(11-14)25(23,24)21-17-12-15(19)9-8-13(17)2/h5-9,11-12,21H,3-4,10H2,1-2H3,(H,20,22). The van der Waals surface area contributed by atoms with Crippen LogP contribution in [0.2, 0.25) is 5.02 Å². The van der Waals surface area contributed by atoms with Gasteiger partial charge in [-0.1, -0.05) is 37.1 Å². The second-order valence-electron chi connectivity index (χ2n) is 5.70. The van der Waals surface area contributed by atoms with E-state index in [0.29, 0.717) is 22.8 Å². The van der Waals surface area contributed by atoms with Gasteiger partial charge in [-0.2, -0.15) is 0 Å². The van der Waals surface area contributed by atoms with Crippen molar-refractivity contribution in [2.24, 2.45) is 0 Å². The van der Waals surface area contributed by atoms with E-state index in [1.54, 1.807) is 37.3 Å². The Bertz CT molecular complexity index is 866. The molecular formula is C18H21ClN2O3S. The van der Waals surface area contributed by atoms with Crippen molar-refractivity contribution < 1.29 is 13.2 Å². The third-order valence-electron chi connectivity index (χ3n) is 3.67. The summed E-state index contributed by atoms with van der Waals surface area (Å²) in [5, 5.41) is 3.21. The molecule has 0 unspecified atom stereocenters. The van der Waals surface area contributed by atoms with Gasteiger partial charge in [0.2, 0.25) is 0 Å². The van der Waals surface area contributed by atoms with Crippen molar-refractivity contribution in [2.75, 3.05) is 11.3 Å². The lowest BCUT2D eigenvalue weighted by Gasteiger charge is -2.12. The summed E-state index contributed by atoms with van der Waals surface area (Å²) < 4.78 is 27.7. The van der Waals surface area contributed by atoms with E-state index >= 15 is 0 Å². The van der Waals surface area contributed by atoms with Gasteiger partial charge in [0.1, 0.15) is 0 Å². The Kier molecular flexibility index (Phi) is 6.45. The Hall–Kier alpha value is -2.05. The number of carbonyl (C=O) groups excluding carboxylic acids is 1. The number of anilines is 1. The number of carbonyl (C=O) groups is 1. The first-order chi connectivity index (χ1) is 11.8. The molecule has 0 bridgehead atoms. The number of benzene rings is 2. The Morgan fingerprint density at radius 3 is 2.64 bits per heavy atom. The Morgan fingerprint density at radius 2 is 1.92 bits per heavy atom. The lowest BCUT2D eigenvalue weighted by molar-refractivity contribution is 0.0953. The van der Waals surface area contributed by atoms with Crippen LogP contribution < -0.4 is 10.0 Å². The molecule has 7 heteroatoms. The molecule has 5 nitrogen and oxygen atoms in total. The Balaban J connectivity index is 2.23. The fourth-order valence-corrected chi connectivity index (χ4v) is 3.53. The summed E-state index contributed by atoms with van der Waals surface area (Å²) in [5.41, 5.74) is 1.47. The average molecular weight is 381 g/mol. The van der Waals surface area contributed by atoms with Gasteiger partial charge < -0.3 is 5.32 Å².